The van der Waals surface area contributed by atoms with Crippen molar-refractivity contribution in [2.75, 3.05) is 6.54 Å². The molecule has 1 aliphatic rings. The standard InChI is InChI=1S/C19H25NS/c1-3-20-18(17-15(2)11-14-21-17)19(12-7-8-13-19)16-9-5-4-6-10-16/h4-6,9-11,14,18,20H,3,7-8,12-13H2,1-2H3. The summed E-state index contributed by atoms with van der Waals surface area (Å²) in [4.78, 5) is 1.53. The monoisotopic (exact) mass is 299 g/mol. The Bertz CT molecular complexity index is 566. The molecular weight excluding hydrogens is 274 g/mol. The quantitative estimate of drug-likeness (QED) is 0.798. The van der Waals surface area contributed by atoms with E-state index in [1.807, 2.05) is 11.3 Å². The van der Waals surface area contributed by atoms with Crippen LogP contribution in [-0.2, 0) is 5.41 Å². The first-order chi connectivity index (χ1) is 10.3. The van der Waals surface area contributed by atoms with E-state index >= 15 is 0 Å². The van der Waals surface area contributed by atoms with E-state index in [1.54, 1.807) is 0 Å². The second kappa shape index (κ2) is 6.33. The molecule has 1 fully saturated rings. The lowest BCUT2D eigenvalue weighted by Gasteiger charge is -2.39. The molecule has 0 spiro atoms. The maximum Gasteiger partial charge on any atom is 0.0515 e. The van der Waals surface area contributed by atoms with Gasteiger partial charge in [0, 0.05) is 10.3 Å². The Kier molecular flexibility index (Phi) is 4.46. The largest absolute Gasteiger partial charge is 0.309 e. The lowest BCUT2D eigenvalue weighted by molar-refractivity contribution is 0.308. The van der Waals surface area contributed by atoms with Gasteiger partial charge in [-0.05, 0) is 48.9 Å². The molecule has 0 radical (unpaired) electrons. The average molecular weight is 299 g/mol. The highest BCUT2D eigenvalue weighted by atomic mass is 32.1. The van der Waals surface area contributed by atoms with Crippen molar-refractivity contribution in [3.63, 3.8) is 0 Å². The van der Waals surface area contributed by atoms with Crippen LogP contribution in [0.15, 0.2) is 41.8 Å². The molecule has 1 unspecified atom stereocenters. The number of hydrogen-bond donors (Lipinski definition) is 1. The van der Waals surface area contributed by atoms with Crippen LogP contribution in [0.1, 0.15) is 54.7 Å². The van der Waals surface area contributed by atoms with Crippen LogP contribution in [0.3, 0.4) is 0 Å². The molecule has 3 rings (SSSR count). The summed E-state index contributed by atoms with van der Waals surface area (Å²) in [5.41, 5.74) is 3.22. The van der Waals surface area contributed by atoms with Gasteiger partial charge in [0.1, 0.15) is 0 Å². The molecular formula is C19H25NS. The Morgan fingerprint density at radius 3 is 2.43 bits per heavy atom. The van der Waals surface area contributed by atoms with Gasteiger partial charge in [0.2, 0.25) is 0 Å². The Labute approximate surface area is 132 Å². The van der Waals surface area contributed by atoms with Crippen LogP contribution in [0.25, 0.3) is 0 Å². The molecule has 112 valence electrons. The van der Waals surface area contributed by atoms with Gasteiger partial charge in [0.25, 0.3) is 0 Å². The summed E-state index contributed by atoms with van der Waals surface area (Å²) in [6.45, 7) is 5.50. The van der Waals surface area contributed by atoms with Crippen molar-refractivity contribution in [3.8, 4) is 0 Å². The van der Waals surface area contributed by atoms with E-state index in [1.165, 1.54) is 41.7 Å². The van der Waals surface area contributed by atoms with Gasteiger partial charge >= 0.3 is 0 Å². The van der Waals surface area contributed by atoms with E-state index in [0.717, 1.165) is 6.54 Å². The number of aryl methyl sites for hydroxylation is 1. The minimum absolute atomic E-state index is 0.271. The molecule has 1 aliphatic carbocycles. The van der Waals surface area contributed by atoms with Crippen molar-refractivity contribution >= 4 is 11.3 Å². The third-order valence-electron chi connectivity index (χ3n) is 4.97. The lowest BCUT2D eigenvalue weighted by Crippen LogP contribution is -2.39. The van der Waals surface area contributed by atoms with Gasteiger partial charge in [-0.3, -0.25) is 0 Å². The van der Waals surface area contributed by atoms with Gasteiger partial charge in [0.05, 0.1) is 6.04 Å². The smallest absolute Gasteiger partial charge is 0.0515 e. The molecule has 1 nitrogen and oxygen atoms in total. The Balaban J connectivity index is 2.07. The normalized spacial score (nSPS) is 18.8. The van der Waals surface area contributed by atoms with E-state index in [0.29, 0.717) is 6.04 Å². The third-order valence-corrected chi connectivity index (χ3v) is 6.05. The van der Waals surface area contributed by atoms with Crippen molar-refractivity contribution in [2.24, 2.45) is 0 Å². The van der Waals surface area contributed by atoms with E-state index < -0.39 is 0 Å². The molecule has 1 saturated carbocycles. The second-order valence-corrected chi connectivity index (χ2v) is 7.14. The van der Waals surface area contributed by atoms with Crippen molar-refractivity contribution in [1.29, 1.82) is 0 Å². The van der Waals surface area contributed by atoms with Crippen LogP contribution in [0.2, 0.25) is 0 Å². The first kappa shape index (κ1) is 14.8. The van der Waals surface area contributed by atoms with Crippen LogP contribution in [0, 0.1) is 6.92 Å². The van der Waals surface area contributed by atoms with Gasteiger partial charge in [-0.1, -0.05) is 50.1 Å². The SMILES string of the molecule is CCNC(c1sccc1C)C1(c2ccccc2)CCCC1. The molecule has 1 N–H and O–H groups in total. The Morgan fingerprint density at radius 1 is 1.14 bits per heavy atom. The zero-order valence-electron chi connectivity index (χ0n) is 13.1. The molecule has 1 aromatic carbocycles. The highest BCUT2D eigenvalue weighted by Gasteiger charge is 2.43. The number of rotatable bonds is 5. The Hall–Kier alpha value is -1.12. The predicted octanol–water partition coefficient (Wildman–Crippen LogP) is 5.22. The summed E-state index contributed by atoms with van der Waals surface area (Å²) in [5, 5.41) is 6.06. The van der Waals surface area contributed by atoms with E-state index in [4.69, 9.17) is 0 Å². The van der Waals surface area contributed by atoms with E-state index in [9.17, 15) is 0 Å². The molecule has 1 atom stereocenters. The molecule has 1 aromatic heterocycles. The summed E-state index contributed by atoms with van der Waals surface area (Å²) in [6.07, 6.45) is 5.29. The minimum atomic E-state index is 0.271. The van der Waals surface area contributed by atoms with Crippen LogP contribution < -0.4 is 5.32 Å². The summed E-state index contributed by atoms with van der Waals surface area (Å²) < 4.78 is 0. The number of likely N-dealkylation sites (N-methyl/N-ethyl adjacent to an activating group) is 1. The first-order valence-electron chi connectivity index (χ1n) is 8.11. The molecule has 21 heavy (non-hydrogen) atoms. The fourth-order valence-electron chi connectivity index (χ4n) is 3.94. The first-order valence-corrected chi connectivity index (χ1v) is 8.99. The average Bonchev–Trinajstić information content (AvgIpc) is 3.16. The van der Waals surface area contributed by atoms with Gasteiger partial charge in [-0.25, -0.2) is 0 Å². The molecule has 1 heterocycles. The highest BCUT2D eigenvalue weighted by molar-refractivity contribution is 7.10. The molecule has 0 amide bonds. The predicted molar refractivity (Wildman–Crippen MR) is 92.1 cm³/mol. The maximum atomic E-state index is 3.82. The summed E-state index contributed by atoms with van der Waals surface area (Å²) in [7, 11) is 0. The van der Waals surface area contributed by atoms with Crippen molar-refractivity contribution in [2.45, 2.75) is 51.0 Å². The fraction of sp³-hybridized carbons (Fsp3) is 0.474. The molecule has 0 aliphatic heterocycles. The van der Waals surface area contributed by atoms with Crippen molar-refractivity contribution in [3.05, 3.63) is 57.8 Å². The summed E-state index contributed by atoms with van der Waals surface area (Å²) in [5.74, 6) is 0. The van der Waals surface area contributed by atoms with E-state index in [-0.39, 0.29) is 5.41 Å². The number of benzene rings is 1. The highest BCUT2D eigenvalue weighted by Crippen LogP contribution is 2.51. The summed E-state index contributed by atoms with van der Waals surface area (Å²) >= 11 is 1.92. The summed E-state index contributed by atoms with van der Waals surface area (Å²) in [6, 6.07) is 13.9. The van der Waals surface area contributed by atoms with Crippen LogP contribution in [0.5, 0.6) is 0 Å². The van der Waals surface area contributed by atoms with Gasteiger partial charge in [-0.2, -0.15) is 0 Å². The molecule has 0 saturated heterocycles. The minimum Gasteiger partial charge on any atom is -0.309 e. The third kappa shape index (κ3) is 2.67. The fourth-order valence-corrected chi connectivity index (χ4v) is 5.06. The van der Waals surface area contributed by atoms with Crippen molar-refractivity contribution in [1.82, 2.24) is 5.32 Å². The maximum absolute atomic E-state index is 3.82. The molecule has 2 heteroatoms. The Morgan fingerprint density at radius 2 is 1.86 bits per heavy atom. The lowest BCUT2D eigenvalue weighted by atomic mass is 9.71. The van der Waals surface area contributed by atoms with Gasteiger partial charge in [-0.15, -0.1) is 11.3 Å². The number of thiophene rings is 1. The van der Waals surface area contributed by atoms with Crippen LogP contribution in [0.4, 0.5) is 0 Å². The topological polar surface area (TPSA) is 12.0 Å². The zero-order chi connectivity index (χ0) is 14.7. The molecule has 0 bridgehead atoms. The second-order valence-electron chi connectivity index (χ2n) is 6.19. The van der Waals surface area contributed by atoms with Crippen LogP contribution in [-0.4, -0.2) is 6.54 Å². The number of nitrogens with one attached hydrogen (secondary N) is 1. The van der Waals surface area contributed by atoms with Gasteiger partial charge < -0.3 is 5.32 Å². The number of hydrogen-bond acceptors (Lipinski definition) is 2. The van der Waals surface area contributed by atoms with Crippen molar-refractivity contribution < 1.29 is 0 Å². The van der Waals surface area contributed by atoms with Gasteiger partial charge in [0.15, 0.2) is 0 Å². The van der Waals surface area contributed by atoms with Crippen LogP contribution >= 0.6 is 11.3 Å². The van der Waals surface area contributed by atoms with E-state index in [2.05, 4.69) is 60.9 Å². The zero-order valence-corrected chi connectivity index (χ0v) is 13.9. The molecule has 2 aromatic rings.